The van der Waals surface area contributed by atoms with Crippen LogP contribution in [0.3, 0.4) is 0 Å². The van der Waals surface area contributed by atoms with Crippen molar-refractivity contribution in [2.24, 2.45) is 0 Å². The first kappa shape index (κ1) is 20.3. The van der Waals surface area contributed by atoms with E-state index in [1.54, 1.807) is 19.4 Å². The van der Waals surface area contributed by atoms with E-state index in [0.29, 0.717) is 22.6 Å². The Balaban J connectivity index is 1.54. The molecule has 30 heavy (non-hydrogen) atoms. The monoisotopic (exact) mass is 408 g/mol. The molecule has 5 nitrogen and oxygen atoms in total. The molecule has 0 bridgehead atoms. The fourth-order valence-corrected chi connectivity index (χ4v) is 4.21. The lowest BCUT2D eigenvalue weighted by Gasteiger charge is -2.28. The molecule has 5 heteroatoms. The van der Waals surface area contributed by atoms with Gasteiger partial charge < -0.3 is 18.3 Å². The van der Waals surface area contributed by atoms with Crippen LogP contribution in [-0.2, 0) is 6.42 Å². The van der Waals surface area contributed by atoms with Gasteiger partial charge in [-0.2, -0.15) is 0 Å². The lowest BCUT2D eigenvalue weighted by Crippen LogP contribution is -2.33. The number of hydrogen-bond donors (Lipinski definition) is 0. The van der Waals surface area contributed by atoms with Gasteiger partial charge in [-0.3, -0.25) is 0 Å². The number of ether oxygens (including phenoxy) is 2. The topological polar surface area (TPSA) is 61.8 Å². The number of hydrogen-bond acceptors (Lipinski definition) is 5. The highest BCUT2D eigenvalue weighted by molar-refractivity contribution is 5.86. The first-order valence-electron chi connectivity index (χ1n) is 10.3. The van der Waals surface area contributed by atoms with Crippen molar-refractivity contribution < 1.29 is 18.3 Å². The van der Waals surface area contributed by atoms with Crippen LogP contribution in [0.1, 0.15) is 56.4 Å². The average Bonchev–Trinajstić information content (AvgIpc) is 3.22. The van der Waals surface area contributed by atoms with Gasteiger partial charge in [0.1, 0.15) is 28.4 Å². The average molecular weight is 408 g/mol. The van der Waals surface area contributed by atoms with Crippen LogP contribution in [0.4, 0.5) is 0 Å². The first-order valence-corrected chi connectivity index (χ1v) is 10.3. The van der Waals surface area contributed by atoms with Crippen molar-refractivity contribution in [3.63, 3.8) is 0 Å². The molecule has 4 rings (SSSR count). The van der Waals surface area contributed by atoms with Gasteiger partial charge >= 0.3 is 5.63 Å². The molecule has 0 amide bonds. The molecule has 3 aromatic rings. The summed E-state index contributed by atoms with van der Waals surface area (Å²) in [6, 6.07) is 7.54. The second-order valence-corrected chi connectivity index (χ2v) is 8.49. The van der Waals surface area contributed by atoms with Gasteiger partial charge in [-0.1, -0.05) is 18.6 Å². The molecule has 2 atom stereocenters. The molecule has 0 aliphatic carbocycles. The van der Waals surface area contributed by atoms with Crippen molar-refractivity contribution in [3.05, 3.63) is 69.5 Å². The van der Waals surface area contributed by atoms with Crippen molar-refractivity contribution >= 4 is 11.0 Å². The molecule has 0 N–H and O–H groups in total. The summed E-state index contributed by atoms with van der Waals surface area (Å²) < 4.78 is 22.8. The Labute approximate surface area is 176 Å². The molecule has 0 saturated heterocycles. The predicted molar refractivity (Wildman–Crippen MR) is 117 cm³/mol. The number of fused-ring (bicyclic) bond motifs is 3. The normalized spacial score (nSPS) is 21.0. The molecule has 0 unspecified atom stereocenters. The molecule has 0 radical (unpaired) electrons. The van der Waals surface area contributed by atoms with Crippen molar-refractivity contribution in [1.82, 2.24) is 0 Å². The van der Waals surface area contributed by atoms with Crippen LogP contribution in [0.2, 0.25) is 0 Å². The minimum absolute atomic E-state index is 0.0586. The Morgan fingerprint density at radius 1 is 1.30 bits per heavy atom. The van der Waals surface area contributed by atoms with Gasteiger partial charge in [0.2, 0.25) is 0 Å². The van der Waals surface area contributed by atoms with Crippen LogP contribution < -0.4 is 15.1 Å². The summed E-state index contributed by atoms with van der Waals surface area (Å²) >= 11 is 0. The number of benzene rings is 1. The van der Waals surface area contributed by atoms with E-state index in [1.165, 1.54) is 5.57 Å². The van der Waals surface area contributed by atoms with Crippen LogP contribution >= 0.6 is 0 Å². The Morgan fingerprint density at radius 3 is 2.80 bits per heavy atom. The van der Waals surface area contributed by atoms with E-state index < -0.39 is 5.60 Å². The maximum absolute atomic E-state index is 12.7. The third-order valence-corrected chi connectivity index (χ3v) is 6.16. The molecule has 1 aliphatic heterocycles. The van der Waals surface area contributed by atoms with Gasteiger partial charge in [0, 0.05) is 18.4 Å². The molecule has 158 valence electrons. The summed E-state index contributed by atoms with van der Waals surface area (Å²) in [6.07, 6.45) is 6.47. The molecule has 0 spiro atoms. The Bertz CT molecular complexity index is 1170. The maximum atomic E-state index is 12.7. The van der Waals surface area contributed by atoms with Crippen molar-refractivity contribution in [2.75, 3.05) is 7.11 Å². The number of furan rings is 1. The van der Waals surface area contributed by atoms with Crippen LogP contribution in [-0.4, -0.2) is 12.7 Å². The van der Waals surface area contributed by atoms with E-state index >= 15 is 0 Å². The standard InChI is InChI=1S/C25H28O5/c1-15(11-19-12-16(2)14-28-19)7-6-10-25(4)17(3)22-23(30-25)20-9-8-18(27-5)13-21(20)29-24(22)26/h7-9,12-14,17H,6,10-11H2,1-5H3/t17-,25+/m0/s1. The minimum atomic E-state index is -0.469. The second-order valence-electron chi connectivity index (χ2n) is 8.49. The Morgan fingerprint density at radius 2 is 2.10 bits per heavy atom. The molecular formula is C25H28O5. The molecule has 0 saturated carbocycles. The summed E-state index contributed by atoms with van der Waals surface area (Å²) in [5, 5.41) is 0.806. The summed E-state index contributed by atoms with van der Waals surface area (Å²) in [5.41, 5.74) is 2.71. The smallest absolute Gasteiger partial charge is 0.343 e. The van der Waals surface area contributed by atoms with Gasteiger partial charge in [0.25, 0.3) is 0 Å². The predicted octanol–water partition coefficient (Wildman–Crippen LogP) is 5.93. The van der Waals surface area contributed by atoms with Crippen LogP contribution in [0.25, 0.3) is 11.0 Å². The first-order chi connectivity index (χ1) is 14.3. The highest BCUT2D eigenvalue weighted by Gasteiger charge is 2.44. The number of aryl methyl sites for hydroxylation is 1. The number of allylic oxidation sites excluding steroid dienone is 2. The SMILES string of the molecule is COc1ccc2c3c(c(=O)oc2c1)[C@H](C)[C@@](C)(CCC=C(C)Cc1cc(C)co1)O3. The van der Waals surface area contributed by atoms with Gasteiger partial charge in [0.05, 0.1) is 24.3 Å². The maximum Gasteiger partial charge on any atom is 0.343 e. The van der Waals surface area contributed by atoms with E-state index in [0.717, 1.165) is 36.0 Å². The largest absolute Gasteiger partial charge is 0.497 e. The zero-order valence-corrected chi connectivity index (χ0v) is 18.2. The molecule has 3 heterocycles. The summed E-state index contributed by atoms with van der Waals surface area (Å²) in [6.45, 7) is 8.26. The van der Waals surface area contributed by atoms with Crippen molar-refractivity contribution in [1.29, 1.82) is 0 Å². The molecule has 1 aliphatic rings. The van der Waals surface area contributed by atoms with Crippen molar-refractivity contribution in [2.45, 2.75) is 58.5 Å². The fourth-order valence-electron chi connectivity index (χ4n) is 4.21. The summed E-state index contributed by atoms with van der Waals surface area (Å²) in [7, 11) is 1.59. The number of methoxy groups -OCH3 is 1. The Hall–Kier alpha value is -2.95. The summed E-state index contributed by atoms with van der Waals surface area (Å²) in [5.74, 6) is 2.21. The summed E-state index contributed by atoms with van der Waals surface area (Å²) in [4.78, 5) is 12.7. The third-order valence-electron chi connectivity index (χ3n) is 6.16. The molecular weight excluding hydrogens is 380 g/mol. The van der Waals surface area contributed by atoms with Gasteiger partial charge in [-0.05, 0) is 57.4 Å². The van der Waals surface area contributed by atoms with E-state index in [1.807, 2.05) is 26.0 Å². The zero-order valence-electron chi connectivity index (χ0n) is 18.2. The fraction of sp³-hybridized carbons (Fsp3) is 0.400. The molecule has 2 aromatic heterocycles. The van der Waals surface area contributed by atoms with Crippen LogP contribution in [0, 0.1) is 6.92 Å². The highest BCUT2D eigenvalue weighted by Crippen LogP contribution is 2.48. The molecule has 1 aromatic carbocycles. The highest BCUT2D eigenvalue weighted by atomic mass is 16.5. The Kier molecular flexibility index (Phi) is 5.22. The van der Waals surface area contributed by atoms with Crippen LogP contribution in [0.5, 0.6) is 11.5 Å². The van der Waals surface area contributed by atoms with E-state index in [-0.39, 0.29) is 11.5 Å². The van der Waals surface area contributed by atoms with E-state index in [9.17, 15) is 4.79 Å². The van der Waals surface area contributed by atoms with Gasteiger partial charge in [-0.15, -0.1) is 0 Å². The third kappa shape index (κ3) is 3.64. The lowest BCUT2D eigenvalue weighted by atomic mass is 9.84. The van der Waals surface area contributed by atoms with Crippen LogP contribution in [0.15, 0.2) is 55.8 Å². The van der Waals surface area contributed by atoms with Gasteiger partial charge in [0.15, 0.2) is 0 Å². The molecule has 0 fully saturated rings. The number of rotatable bonds is 6. The lowest BCUT2D eigenvalue weighted by molar-refractivity contribution is 0.0862. The van der Waals surface area contributed by atoms with E-state index in [4.69, 9.17) is 18.3 Å². The van der Waals surface area contributed by atoms with Crippen molar-refractivity contribution in [3.8, 4) is 11.5 Å². The zero-order chi connectivity index (χ0) is 21.5. The second kappa shape index (κ2) is 7.71. The van der Waals surface area contributed by atoms with Gasteiger partial charge in [-0.25, -0.2) is 4.79 Å². The van der Waals surface area contributed by atoms with E-state index in [2.05, 4.69) is 26.0 Å². The minimum Gasteiger partial charge on any atom is -0.497 e. The quantitative estimate of drug-likeness (QED) is 0.374.